The largest absolute Gasteiger partial charge is 0.464 e. The summed E-state index contributed by atoms with van der Waals surface area (Å²) in [6.07, 6.45) is 4.84. The van der Waals surface area contributed by atoms with Crippen LogP contribution in [0.25, 0.3) is 16.7 Å². The number of hydrogen-bond acceptors (Lipinski definition) is 7. The van der Waals surface area contributed by atoms with Gasteiger partial charge in [0.25, 0.3) is 0 Å². The highest BCUT2D eigenvalue weighted by atomic mass is 16.7. The molecule has 1 atom stereocenters. The van der Waals surface area contributed by atoms with Gasteiger partial charge in [0.15, 0.2) is 6.04 Å². The summed E-state index contributed by atoms with van der Waals surface area (Å²) in [6, 6.07) is 6.00. The molecule has 0 aliphatic carbocycles. The van der Waals surface area contributed by atoms with Crippen LogP contribution >= 0.6 is 0 Å². The van der Waals surface area contributed by atoms with Gasteiger partial charge in [0.1, 0.15) is 12.3 Å². The molecule has 1 N–H and O–H groups in total. The fraction of sp³-hybridized carbons (Fsp3) is 0.350. The van der Waals surface area contributed by atoms with Gasteiger partial charge in [-0.2, -0.15) is 5.48 Å². The molecule has 0 radical (unpaired) electrons. The molecule has 0 bridgehead atoms. The average Bonchev–Trinajstić information content (AvgIpc) is 2.65. The van der Waals surface area contributed by atoms with Gasteiger partial charge in [-0.05, 0) is 38.8 Å². The average molecular weight is 369 g/mol. The molecule has 0 aliphatic rings. The zero-order chi connectivity index (χ0) is 19.9. The molecule has 0 saturated carbocycles. The van der Waals surface area contributed by atoms with E-state index in [-0.39, 0.29) is 12.2 Å². The monoisotopic (exact) mass is 369 g/mol. The van der Waals surface area contributed by atoms with E-state index in [0.29, 0.717) is 5.56 Å². The summed E-state index contributed by atoms with van der Waals surface area (Å²) >= 11 is 0. The Morgan fingerprint density at radius 2 is 1.78 bits per heavy atom. The van der Waals surface area contributed by atoms with Crippen LogP contribution in [0.15, 0.2) is 43.0 Å². The summed E-state index contributed by atoms with van der Waals surface area (Å²) in [5, 5.41) is 0. The van der Waals surface area contributed by atoms with Crippen molar-refractivity contribution < 1.29 is 19.2 Å². The molecule has 2 aromatic rings. The van der Waals surface area contributed by atoms with Crippen LogP contribution in [-0.4, -0.2) is 40.1 Å². The highest BCUT2D eigenvalue weighted by molar-refractivity contribution is 6.02. The lowest BCUT2D eigenvalue weighted by Gasteiger charge is -2.24. The minimum atomic E-state index is -1.09. The molecular formula is C20H23N3O4. The topological polar surface area (TPSA) is 90.4 Å². The minimum absolute atomic E-state index is 0.105. The Morgan fingerprint density at radius 3 is 2.30 bits per heavy atom. The predicted molar refractivity (Wildman–Crippen MR) is 101 cm³/mol. The van der Waals surface area contributed by atoms with Gasteiger partial charge in [0.2, 0.25) is 0 Å². The van der Waals surface area contributed by atoms with Gasteiger partial charge in [0, 0.05) is 18.0 Å². The summed E-state index contributed by atoms with van der Waals surface area (Å²) in [5.41, 5.74) is 4.46. The van der Waals surface area contributed by atoms with Crippen LogP contribution in [0.3, 0.4) is 0 Å². The Bertz CT molecular complexity index is 807. The van der Waals surface area contributed by atoms with Crippen molar-refractivity contribution in [3.05, 3.63) is 48.5 Å². The van der Waals surface area contributed by atoms with E-state index >= 15 is 0 Å². The SMILES string of the molecule is CCOC(=O)[C@@H](NOC(C)(C)C)C(=C=O)c1ccc(-c2cncnc2)cc1. The molecule has 0 amide bonds. The fourth-order valence-electron chi connectivity index (χ4n) is 2.26. The maximum atomic E-state index is 12.3. The Labute approximate surface area is 158 Å². The van der Waals surface area contributed by atoms with E-state index < -0.39 is 17.6 Å². The lowest BCUT2D eigenvalue weighted by atomic mass is 9.98. The van der Waals surface area contributed by atoms with Crippen molar-refractivity contribution in [2.75, 3.05) is 6.61 Å². The van der Waals surface area contributed by atoms with Crippen molar-refractivity contribution in [3.8, 4) is 11.1 Å². The molecule has 1 aromatic carbocycles. The van der Waals surface area contributed by atoms with E-state index in [2.05, 4.69) is 15.4 Å². The molecule has 0 aliphatic heterocycles. The van der Waals surface area contributed by atoms with Gasteiger partial charge in [-0.3, -0.25) is 4.84 Å². The molecule has 1 aromatic heterocycles. The van der Waals surface area contributed by atoms with Crippen molar-refractivity contribution >= 4 is 17.5 Å². The lowest BCUT2D eigenvalue weighted by molar-refractivity contribution is -0.152. The van der Waals surface area contributed by atoms with Crippen LogP contribution in [0.5, 0.6) is 0 Å². The fourth-order valence-corrected chi connectivity index (χ4v) is 2.26. The van der Waals surface area contributed by atoms with Crippen LogP contribution < -0.4 is 5.48 Å². The van der Waals surface area contributed by atoms with E-state index in [1.54, 1.807) is 31.5 Å². The molecule has 1 heterocycles. The van der Waals surface area contributed by atoms with Gasteiger partial charge >= 0.3 is 5.97 Å². The van der Waals surface area contributed by atoms with Gasteiger partial charge in [-0.1, -0.05) is 24.3 Å². The van der Waals surface area contributed by atoms with Crippen LogP contribution in [0, 0.1) is 0 Å². The number of ether oxygens (including phenoxy) is 1. The number of hydroxylamine groups is 1. The highest BCUT2D eigenvalue weighted by Crippen LogP contribution is 2.23. The summed E-state index contributed by atoms with van der Waals surface area (Å²) in [7, 11) is 0. The second-order valence-corrected chi connectivity index (χ2v) is 6.74. The van der Waals surface area contributed by atoms with E-state index in [9.17, 15) is 9.59 Å². The zero-order valence-corrected chi connectivity index (χ0v) is 15.9. The molecule has 2 rings (SSSR count). The van der Waals surface area contributed by atoms with Crippen LogP contribution in [-0.2, 0) is 19.2 Å². The Kier molecular flexibility index (Phi) is 6.96. The number of nitrogens with one attached hydrogen (secondary N) is 1. The first-order valence-electron chi connectivity index (χ1n) is 8.56. The first kappa shape index (κ1) is 20.5. The summed E-state index contributed by atoms with van der Waals surface area (Å²) in [4.78, 5) is 37.5. The number of carbonyl (C=O) groups excluding carboxylic acids is 2. The summed E-state index contributed by atoms with van der Waals surface area (Å²) in [6.45, 7) is 7.35. The number of hydrogen-bond donors (Lipinski definition) is 1. The van der Waals surface area contributed by atoms with Crippen molar-refractivity contribution in [2.45, 2.75) is 39.3 Å². The number of benzene rings is 1. The smallest absolute Gasteiger partial charge is 0.330 e. The van der Waals surface area contributed by atoms with Gasteiger partial charge in [-0.15, -0.1) is 0 Å². The van der Waals surface area contributed by atoms with Crippen molar-refractivity contribution in [2.24, 2.45) is 0 Å². The van der Waals surface area contributed by atoms with E-state index in [0.717, 1.165) is 11.1 Å². The minimum Gasteiger partial charge on any atom is -0.464 e. The number of carbonyl (C=O) groups is 1. The van der Waals surface area contributed by atoms with E-state index in [1.165, 1.54) is 6.33 Å². The molecule has 0 saturated heterocycles. The number of rotatable bonds is 7. The molecule has 142 valence electrons. The molecule has 27 heavy (non-hydrogen) atoms. The van der Waals surface area contributed by atoms with Gasteiger partial charge in [0.05, 0.1) is 17.8 Å². The van der Waals surface area contributed by atoms with Crippen LogP contribution in [0.1, 0.15) is 33.3 Å². The molecule has 7 nitrogen and oxygen atoms in total. The molecular weight excluding hydrogens is 346 g/mol. The summed E-state index contributed by atoms with van der Waals surface area (Å²) in [5.74, 6) is 1.24. The third kappa shape index (κ3) is 5.82. The molecule has 0 unspecified atom stereocenters. The van der Waals surface area contributed by atoms with Crippen molar-refractivity contribution in [3.63, 3.8) is 0 Å². The third-order valence-electron chi connectivity index (χ3n) is 3.49. The normalized spacial score (nSPS) is 12.1. The predicted octanol–water partition coefficient (Wildman–Crippen LogP) is 2.61. The highest BCUT2D eigenvalue weighted by Gasteiger charge is 2.29. The Hall–Kier alpha value is -2.86. The second-order valence-electron chi connectivity index (χ2n) is 6.74. The number of nitrogens with zero attached hydrogens (tertiary/aromatic N) is 2. The third-order valence-corrected chi connectivity index (χ3v) is 3.49. The van der Waals surface area contributed by atoms with E-state index in [4.69, 9.17) is 9.57 Å². The van der Waals surface area contributed by atoms with E-state index in [1.807, 2.05) is 38.8 Å². The first-order chi connectivity index (χ1) is 12.9. The molecule has 0 spiro atoms. The van der Waals surface area contributed by atoms with Crippen molar-refractivity contribution in [1.29, 1.82) is 0 Å². The van der Waals surface area contributed by atoms with Gasteiger partial charge < -0.3 is 4.74 Å². The zero-order valence-electron chi connectivity index (χ0n) is 15.9. The lowest BCUT2D eigenvalue weighted by Crippen LogP contribution is -2.43. The first-order valence-corrected chi connectivity index (χ1v) is 8.56. The number of esters is 1. The Morgan fingerprint density at radius 1 is 1.15 bits per heavy atom. The Balaban J connectivity index is 2.30. The quantitative estimate of drug-likeness (QED) is 0.456. The number of aromatic nitrogens is 2. The van der Waals surface area contributed by atoms with Crippen molar-refractivity contribution in [1.82, 2.24) is 15.4 Å². The molecule has 7 heteroatoms. The maximum absolute atomic E-state index is 12.3. The second kappa shape index (κ2) is 9.19. The van der Waals surface area contributed by atoms with Crippen LogP contribution in [0.2, 0.25) is 0 Å². The molecule has 0 fully saturated rings. The standard InChI is InChI=1S/C20H23N3O4/c1-5-26-19(25)18(23-27-20(2,3)4)17(12-24)15-8-6-14(7-9-15)16-10-21-13-22-11-16/h6-11,13,18,23H,5H2,1-4H3/t18-/m0/s1. The summed E-state index contributed by atoms with van der Waals surface area (Å²) < 4.78 is 5.07. The van der Waals surface area contributed by atoms with Gasteiger partial charge in [-0.25, -0.2) is 19.6 Å². The maximum Gasteiger partial charge on any atom is 0.330 e. The van der Waals surface area contributed by atoms with Crippen LogP contribution in [0.4, 0.5) is 0 Å².